The normalized spacial score (nSPS) is 15.4. The van der Waals surface area contributed by atoms with Gasteiger partial charge in [0.1, 0.15) is 6.54 Å². The Hall–Kier alpha value is -1.79. The third-order valence-corrected chi connectivity index (χ3v) is 4.01. The number of nitrogens with one attached hydrogen (secondary N) is 1. The maximum atomic E-state index is 12.1. The first-order chi connectivity index (χ1) is 10.9. The van der Waals surface area contributed by atoms with Crippen molar-refractivity contribution in [3.8, 4) is 0 Å². The first-order valence-corrected chi connectivity index (χ1v) is 7.86. The Balaban J connectivity index is 1.89. The molecule has 2 amide bonds. The van der Waals surface area contributed by atoms with Crippen LogP contribution in [0.25, 0.3) is 0 Å². The predicted octanol–water partition coefficient (Wildman–Crippen LogP) is 2.49. The lowest BCUT2D eigenvalue weighted by Gasteiger charge is -2.18. The van der Waals surface area contributed by atoms with Crippen molar-refractivity contribution < 1.29 is 19.1 Å². The van der Waals surface area contributed by atoms with E-state index in [1.54, 1.807) is 18.2 Å². The minimum Gasteiger partial charge on any atom is -0.451 e. The molecule has 1 N–H and O–H groups in total. The summed E-state index contributed by atoms with van der Waals surface area (Å²) in [6.45, 7) is 1.82. The standard InChI is InChI=1S/C15H16Cl2N2O4/c1-9(23-13(21)8-19-7-3-6-12(19)20)15(22)18-14-10(16)4-2-5-11(14)17/h2,4-5,9H,3,6-8H2,1H3,(H,18,22)/t9-/m0/s1. The molecule has 1 saturated heterocycles. The molecule has 6 nitrogen and oxygen atoms in total. The number of carbonyl (C=O) groups excluding carboxylic acids is 3. The molecule has 1 fully saturated rings. The van der Waals surface area contributed by atoms with Crippen molar-refractivity contribution in [1.82, 2.24) is 4.90 Å². The molecule has 124 valence electrons. The summed E-state index contributed by atoms with van der Waals surface area (Å²) < 4.78 is 5.04. The SMILES string of the molecule is C[C@H](OC(=O)CN1CCCC1=O)C(=O)Nc1c(Cl)cccc1Cl. The monoisotopic (exact) mass is 358 g/mol. The molecule has 23 heavy (non-hydrogen) atoms. The summed E-state index contributed by atoms with van der Waals surface area (Å²) in [5.41, 5.74) is 0.262. The predicted molar refractivity (Wildman–Crippen MR) is 86.5 cm³/mol. The van der Waals surface area contributed by atoms with Crippen molar-refractivity contribution in [2.45, 2.75) is 25.9 Å². The highest BCUT2D eigenvalue weighted by Gasteiger charge is 2.25. The zero-order valence-electron chi connectivity index (χ0n) is 12.5. The van der Waals surface area contributed by atoms with Crippen LogP contribution in [0.2, 0.25) is 10.0 Å². The summed E-state index contributed by atoms with van der Waals surface area (Å²) in [5, 5.41) is 3.09. The van der Waals surface area contributed by atoms with Gasteiger partial charge in [0, 0.05) is 13.0 Å². The topological polar surface area (TPSA) is 75.7 Å². The van der Waals surface area contributed by atoms with E-state index >= 15 is 0 Å². The van der Waals surface area contributed by atoms with Gasteiger partial charge in [-0.05, 0) is 25.5 Å². The minimum atomic E-state index is -1.03. The number of esters is 1. The average molecular weight is 359 g/mol. The molecule has 0 bridgehead atoms. The molecule has 0 radical (unpaired) electrons. The van der Waals surface area contributed by atoms with Crippen LogP contribution in [0.3, 0.4) is 0 Å². The van der Waals surface area contributed by atoms with E-state index in [2.05, 4.69) is 5.32 Å². The van der Waals surface area contributed by atoms with E-state index in [1.807, 2.05) is 0 Å². The first-order valence-electron chi connectivity index (χ1n) is 7.10. The van der Waals surface area contributed by atoms with Gasteiger partial charge in [-0.15, -0.1) is 0 Å². The molecule has 0 aromatic heterocycles. The van der Waals surface area contributed by atoms with Gasteiger partial charge in [-0.25, -0.2) is 0 Å². The number of ether oxygens (including phenoxy) is 1. The van der Waals surface area contributed by atoms with E-state index in [-0.39, 0.29) is 28.2 Å². The van der Waals surface area contributed by atoms with Crippen LogP contribution in [-0.2, 0) is 19.1 Å². The molecule has 0 saturated carbocycles. The second-order valence-electron chi connectivity index (χ2n) is 5.14. The molecular formula is C15H16Cl2N2O4. The number of para-hydroxylation sites is 1. The van der Waals surface area contributed by atoms with E-state index in [9.17, 15) is 14.4 Å². The van der Waals surface area contributed by atoms with E-state index in [4.69, 9.17) is 27.9 Å². The van der Waals surface area contributed by atoms with Crippen molar-refractivity contribution in [1.29, 1.82) is 0 Å². The van der Waals surface area contributed by atoms with Gasteiger partial charge in [0.25, 0.3) is 5.91 Å². The molecule has 1 aliphatic heterocycles. The summed E-state index contributed by atoms with van der Waals surface area (Å²) >= 11 is 11.9. The first kappa shape index (κ1) is 17.6. The van der Waals surface area contributed by atoms with Crippen molar-refractivity contribution in [3.63, 3.8) is 0 Å². The molecule has 1 atom stereocenters. The van der Waals surface area contributed by atoms with Gasteiger partial charge in [-0.1, -0.05) is 29.3 Å². The second-order valence-corrected chi connectivity index (χ2v) is 5.95. The molecule has 0 unspecified atom stereocenters. The van der Waals surface area contributed by atoms with Gasteiger partial charge in [-0.2, -0.15) is 0 Å². The van der Waals surface area contributed by atoms with E-state index in [0.29, 0.717) is 13.0 Å². The Kier molecular flexibility index (Phi) is 5.85. The molecule has 1 aliphatic rings. The van der Waals surface area contributed by atoms with Crippen molar-refractivity contribution in [2.24, 2.45) is 0 Å². The summed E-state index contributed by atoms with van der Waals surface area (Å²) in [7, 11) is 0. The van der Waals surface area contributed by atoms with Crippen LogP contribution in [0.5, 0.6) is 0 Å². The molecule has 1 heterocycles. The maximum Gasteiger partial charge on any atom is 0.326 e. The zero-order valence-corrected chi connectivity index (χ0v) is 14.0. The van der Waals surface area contributed by atoms with E-state index in [0.717, 1.165) is 6.42 Å². The number of benzene rings is 1. The van der Waals surface area contributed by atoms with Crippen molar-refractivity contribution >= 4 is 46.7 Å². The lowest BCUT2D eigenvalue weighted by Crippen LogP contribution is -2.36. The van der Waals surface area contributed by atoms with Gasteiger partial charge in [0.2, 0.25) is 5.91 Å². The lowest BCUT2D eigenvalue weighted by atomic mass is 10.3. The highest BCUT2D eigenvalue weighted by atomic mass is 35.5. The number of hydrogen-bond donors (Lipinski definition) is 1. The fourth-order valence-electron chi connectivity index (χ4n) is 2.16. The van der Waals surface area contributed by atoms with Gasteiger partial charge < -0.3 is 15.0 Å². The van der Waals surface area contributed by atoms with Crippen LogP contribution in [0.4, 0.5) is 5.69 Å². The third-order valence-electron chi connectivity index (χ3n) is 3.38. The van der Waals surface area contributed by atoms with Crippen LogP contribution >= 0.6 is 23.2 Å². The Bertz CT molecular complexity index is 616. The van der Waals surface area contributed by atoms with Gasteiger partial charge >= 0.3 is 5.97 Å². The lowest BCUT2D eigenvalue weighted by molar-refractivity contribution is -0.155. The summed E-state index contributed by atoms with van der Waals surface area (Å²) in [4.78, 5) is 36.7. The minimum absolute atomic E-state index is 0.0816. The molecular weight excluding hydrogens is 343 g/mol. The quantitative estimate of drug-likeness (QED) is 0.820. The van der Waals surface area contributed by atoms with Crippen molar-refractivity contribution in [3.05, 3.63) is 28.2 Å². The number of carbonyl (C=O) groups is 3. The number of anilines is 1. The fourth-order valence-corrected chi connectivity index (χ4v) is 2.65. The Morgan fingerprint density at radius 2 is 2.00 bits per heavy atom. The zero-order chi connectivity index (χ0) is 17.0. The molecule has 0 aliphatic carbocycles. The average Bonchev–Trinajstić information content (AvgIpc) is 2.88. The number of halogens is 2. The van der Waals surface area contributed by atoms with Crippen LogP contribution in [0.15, 0.2) is 18.2 Å². The van der Waals surface area contributed by atoms with Gasteiger partial charge in [-0.3, -0.25) is 14.4 Å². The fraction of sp³-hybridized carbons (Fsp3) is 0.400. The third kappa shape index (κ3) is 4.59. The number of rotatable bonds is 5. The summed E-state index contributed by atoms with van der Waals surface area (Å²) in [6.07, 6.45) is 0.133. The number of nitrogens with zero attached hydrogens (tertiary/aromatic N) is 1. The molecule has 2 rings (SSSR count). The number of hydrogen-bond acceptors (Lipinski definition) is 4. The smallest absolute Gasteiger partial charge is 0.326 e. The molecule has 8 heteroatoms. The largest absolute Gasteiger partial charge is 0.451 e. The maximum absolute atomic E-state index is 12.1. The van der Waals surface area contributed by atoms with Crippen molar-refractivity contribution in [2.75, 3.05) is 18.4 Å². The summed E-state index contributed by atoms with van der Waals surface area (Å²) in [5.74, 6) is -1.27. The highest BCUT2D eigenvalue weighted by Crippen LogP contribution is 2.29. The van der Waals surface area contributed by atoms with Crippen LogP contribution < -0.4 is 5.32 Å². The Morgan fingerprint density at radius 3 is 2.57 bits per heavy atom. The number of likely N-dealkylation sites (tertiary alicyclic amines) is 1. The van der Waals surface area contributed by atoms with Gasteiger partial charge in [0.15, 0.2) is 6.10 Å². The molecule has 0 spiro atoms. The van der Waals surface area contributed by atoms with E-state index < -0.39 is 18.0 Å². The second kappa shape index (κ2) is 7.66. The number of amides is 2. The van der Waals surface area contributed by atoms with E-state index in [1.165, 1.54) is 11.8 Å². The van der Waals surface area contributed by atoms with Gasteiger partial charge in [0.05, 0.1) is 15.7 Å². The van der Waals surface area contributed by atoms with Crippen LogP contribution in [0.1, 0.15) is 19.8 Å². The Morgan fingerprint density at radius 1 is 1.35 bits per heavy atom. The van der Waals surface area contributed by atoms with Crippen LogP contribution in [-0.4, -0.2) is 41.9 Å². The Labute approximate surface area is 143 Å². The molecule has 1 aromatic rings. The summed E-state index contributed by atoms with van der Waals surface area (Å²) in [6, 6.07) is 4.81. The highest BCUT2D eigenvalue weighted by molar-refractivity contribution is 6.39. The van der Waals surface area contributed by atoms with Crippen LogP contribution in [0, 0.1) is 0 Å². The molecule has 1 aromatic carbocycles.